The van der Waals surface area contributed by atoms with Crippen molar-refractivity contribution in [3.63, 3.8) is 0 Å². The molecule has 0 bridgehead atoms. The number of nitrogens with zero attached hydrogens (tertiary/aromatic N) is 3. The zero-order chi connectivity index (χ0) is 17.8. The minimum Gasteiger partial charge on any atom is -0.370 e. The van der Waals surface area contributed by atoms with Crippen molar-refractivity contribution in [3.8, 4) is 0 Å². The predicted octanol–water partition coefficient (Wildman–Crippen LogP) is 3.22. The normalized spacial score (nSPS) is 10.4. The molecular weight excluding hydrogens is 322 g/mol. The van der Waals surface area contributed by atoms with Crippen molar-refractivity contribution in [1.29, 1.82) is 0 Å². The molecule has 0 saturated carbocycles. The van der Waals surface area contributed by atoms with Crippen molar-refractivity contribution in [2.75, 3.05) is 17.2 Å². The van der Waals surface area contributed by atoms with E-state index < -0.39 is 10.8 Å². The molecule has 0 aliphatic rings. The first-order valence-electron chi connectivity index (χ1n) is 7.65. The summed E-state index contributed by atoms with van der Waals surface area (Å²) in [7, 11) is 0. The van der Waals surface area contributed by atoms with Crippen LogP contribution in [0.25, 0.3) is 10.9 Å². The van der Waals surface area contributed by atoms with Gasteiger partial charge < -0.3 is 5.32 Å². The van der Waals surface area contributed by atoms with Crippen molar-refractivity contribution >= 4 is 34.3 Å². The summed E-state index contributed by atoms with van der Waals surface area (Å²) in [6, 6.07) is 12.9. The molecule has 8 nitrogen and oxygen atoms in total. The smallest absolute Gasteiger partial charge is 0.270 e. The summed E-state index contributed by atoms with van der Waals surface area (Å²) in [5.41, 5.74) is 0.694. The number of nitrogens with one attached hydrogen (secondary N) is 2. The Bertz CT molecular complexity index is 958. The quantitative estimate of drug-likeness (QED) is 0.546. The highest BCUT2D eigenvalue weighted by molar-refractivity contribution is 6.04. The first-order valence-corrected chi connectivity index (χ1v) is 7.65. The maximum absolute atomic E-state index is 12.4. The van der Waals surface area contributed by atoms with Gasteiger partial charge in [-0.2, -0.15) is 4.98 Å². The number of para-hydroxylation sites is 1. The van der Waals surface area contributed by atoms with E-state index in [0.717, 1.165) is 5.39 Å². The number of amides is 1. The Kier molecular flexibility index (Phi) is 4.51. The summed E-state index contributed by atoms with van der Waals surface area (Å²) in [6.45, 7) is 2.61. The number of carbonyl (C=O) groups is 1. The Morgan fingerprint density at radius 3 is 2.72 bits per heavy atom. The number of non-ortho nitro benzene ring substituents is 1. The van der Waals surface area contributed by atoms with Crippen molar-refractivity contribution in [2.45, 2.75) is 6.92 Å². The van der Waals surface area contributed by atoms with E-state index in [-0.39, 0.29) is 17.2 Å². The Balaban J connectivity index is 1.93. The van der Waals surface area contributed by atoms with Gasteiger partial charge in [0.05, 0.1) is 10.4 Å². The summed E-state index contributed by atoms with van der Waals surface area (Å²) < 4.78 is 0. The van der Waals surface area contributed by atoms with Crippen LogP contribution in [0.5, 0.6) is 0 Å². The van der Waals surface area contributed by atoms with E-state index in [1.807, 2.05) is 31.2 Å². The van der Waals surface area contributed by atoms with Crippen LogP contribution in [0.4, 0.5) is 17.5 Å². The van der Waals surface area contributed by atoms with Gasteiger partial charge in [-0.1, -0.05) is 18.2 Å². The second-order valence-electron chi connectivity index (χ2n) is 5.20. The molecule has 2 N–H and O–H groups in total. The van der Waals surface area contributed by atoms with E-state index in [2.05, 4.69) is 20.6 Å². The maximum Gasteiger partial charge on any atom is 0.270 e. The van der Waals surface area contributed by atoms with E-state index in [1.54, 1.807) is 0 Å². The molecule has 1 aromatic heterocycles. The van der Waals surface area contributed by atoms with Gasteiger partial charge in [0.2, 0.25) is 5.95 Å². The van der Waals surface area contributed by atoms with Crippen LogP contribution in [0.2, 0.25) is 0 Å². The number of nitro benzene ring substituents is 1. The minimum atomic E-state index is -0.549. The highest BCUT2D eigenvalue weighted by Gasteiger charge is 2.14. The number of rotatable bonds is 5. The molecule has 0 saturated heterocycles. The molecule has 2 aromatic carbocycles. The Morgan fingerprint density at radius 2 is 1.96 bits per heavy atom. The molecule has 1 heterocycles. The molecule has 25 heavy (non-hydrogen) atoms. The second-order valence-corrected chi connectivity index (χ2v) is 5.20. The van der Waals surface area contributed by atoms with Gasteiger partial charge in [-0.05, 0) is 25.1 Å². The number of aromatic nitrogens is 2. The summed E-state index contributed by atoms with van der Waals surface area (Å²) in [5, 5.41) is 17.4. The van der Waals surface area contributed by atoms with Crippen molar-refractivity contribution in [2.24, 2.45) is 0 Å². The number of hydrogen-bond donors (Lipinski definition) is 2. The van der Waals surface area contributed by atoms with Crippen LogP contribution in [0.1, 0.15) is 17.3 Å². The lowest BCUT2D eigenvalue weighted by molar-refractivity contribution is -0.384. The zero-order valence-electron chi connectivity index (χ0n) is 13.4. The van der Waals surface area contributed by atoms with Crippen LogP contribution >= 0.6 is 0 Å². The molecule has 3 rings (SSSR count). The van der Waals surface area contributed by atoms with Gasteiger partial charge in [0.1, 0.15) is 5.82 Å². The second kappa shape index (κ2) is 6.91. The first-order chi connectivity index (χ1) is 12.1. The molecule has 0 aliphatic heterocycles. The fraction of sp³-hybridized carbons (Fsp3) is 0.118. The van der Waals surface area contributed by atoms with E-state index in [4.69, 9.17) is 0 Å². The Morgan fingerprint density at radius 1 is 1.16 bits per heavy atom. The number of nitro groups is 1. The molecule has 0 radical (unpaired) electrons. The lowest BCUT2D eigenvalue weighted by atomic mass is 10.2. The van der Waals surface area contributed by atoms with Crippen LogP contribution in [-0.2, 0) is 0 Å². The zero-order valence-corrected chi connectivity index (χ0v) is 13.4. The minimum absolute atomic E-state index is 0.131. The van der Waals surface area contributed by atoms with Crippen LogP contribution < -0.4 is 10.6 Å². The van der Waals surface area contributed by atoms with Crippen molar-refractivity contribution in [3.05, 3.63) is 64.2 Å². The molecule has 8 heteroatoms. The number of fused-ring (bicyclic) bond motifs is 1. The molecule has 0 aliphatic carbocycles. The number of benzene rings is 2. The van der Waals surface area contributed by atoms with Crippen molar-refractivity contribution in [1.82, 2.24) is 9.97 Å². The molecule has 3 aromatic rings. The lowest BCUT2D eigenvalue weighted by Gasteiger charge is -2.10. The molecule has 126 valence electrons. The molecule has 0 spiro atoms. The lowest BCUT2D eigenvalue weighted by Crippen LogP contribution is -2.15. The van der Waals surface area contributed by atoms with Gasteiger partial charge in [0.15, 0.2) is 0 Å². The van der Waals surface area contributed by atoms with Gasteiger partial charge in [0.25, 0.3) is 11.6 Å². The summed E-state index contributed by atoms with van der Waals surface area (Å²) in [6.07, 6.45) is 0. The number of carbonyl (C=O) groups excluding carboxylic acids is 1. The van der Waals surface area contributed by atoms with Crippen LogP contribution in [0, 0.1) is 10.1 Å². The summed E-state index contributed by atoms with van der Waals surface area (Å²) >= 11 is 0. The average Bonchev–Trinajstić information content (AvgIpc) is 2.62. The third-order valence-corrected chi connectivity index (χ3v) is 3.49. The maximum atomic E-state index is 12.4. The van der Waals surface area contributed by atoms with Crippen LogP contribution in [0.15, 0.2) is 48.5 Å². The molecule has 0 atom stereocenters. The summed E-state index contributed by atoms with van der Waals surface area (Å²) in [5.74, 6) is 0.232. The van der Waals surface area contributed by atoms with Gasteiger partial charge in [-0.15, -0.1) is 0 Å². The van der Waals surface area contributed by atoms with Gasteiger partial charge >= 0.3 is 0 Å². The molecule has 0 unspecified atom stereocenters. The highest BCUT2D eigenvalue weighted by atomic mass is 16.6. The highest BCUT2D eigenvalue weighted by Crippen LogP contribution is 2.22. The molecule has 1 amide bonds. The fourth-order valence-electron chi connectivity index (χ4n) is 2.37. The Labute approximate surface area is 143 Å². The Hall–Kier alpha value is -3.55. The van der Waals surface area contributed by atoms with Gasteiger partial charge in [-0.25, -0.2) is 4.98 Å². The third-order valence-electron chi connectivity index (χ3n) is 3.49. The number of hydrogen-bond acceptors (Lipinski definition) is 6. The van der Waals surface area contributed by atoms with Gasteiger partial charge in [-0.3, -0.25) is 20.2 Å². The van der Waals surface area contributed by atoms with E-state index in [9.17, 15) is 14.9 Å². The standard InChI is InChI=1S/C17H15N5O3/c1-2-18-15-13-8-3-4-9-14(13)19-17(20-15)21-16(23)11-6-5-7-12(10-11)22(24)25/h3-10H,2H2,1H3,(H2,18,19,20,21,23). The average molecular weight is 337 g/mol. The van der Waals surface area contributed by atoms with E-state index >= 15 is 0 Å². The van der Waals surface area contributed by atoms with E-state index in [0.29, 0.717) is 17.9 Å². The van der Waals surface area contributed by atoms with E-state index in [1.165, 1.54) is 24.3 Å². The SMILES string of the molecule is CCNc1nc(NC(=O)c2cccc([N+](=O)[O-])c2)nc2ccccc12. The van der Waals surface area contributed by atoms with Crippen LogP contribution in [0.3, 0.4) is 0 Å². The topological polar surface area (TPSA) is 110 Å². The first kappa shape index (κ1) is 16.3. The predicted molar refractivity (Wildman–Crippen MR) is 94.8 cm³/mol. The fourth-order valence-corrected chi connectivity index (χ4v) is 2.37. The third kappa shape index (κ3) is 3.52. The van der Waals surface area contributed by atoms with Gasteiger partial charge in [0, 0.05) is 29.6 Å². The van der Waals surface area contributed by atoms with Crippen molar-refractivity contribution < 1.29 is 9.72 Å². The monoisotopic (exact) mass is 337 g/mol. The molecular formula is C17H15N5O3. The summed E-state index contributed by atoms with van der Waals surface area (Å²) in [4.78, 5) is 31.3. The number of anilines is 2. The largest absolute Gasteiger partial charge is 0.370 e. The molecule has 0 fully saturated rings. The van der Waals surface area contributed by atoms with Crippen LogP contribution in [-0.4, -0.2) is 27.3 Å².